The van der Waals surface area contributed by atoms with E-state index in [1.165, 1.54) is 11.1 Å². The zero-order valence-corrected chi connectivity index (χ0v) is 12.1. The van der Waals surface area contributed by atoms with Crippen LogP contribution in [0.5, 0.6) is 11.5 Å². The van der Waals surface area contributed by atoms with Gasteiger partial charge in [-0.05, 0) is 55.3 Å². The molecule has 0 saturated heterocycles. The Morgan fingerprint density at radius 3 is 2.33 bits per heavy atom. The van der Waals surface area contributed by atoms with Crippen LogP contribution in [0.15, 0.2) is 40.9 Å². The molecule has 0 aliphatic rings. The average Bonchev–Trinajstić information content (AvgIpc) is 2.30. The van der Waals surface area contributed by atoms with E-state index in [1.807, 2.05) is 30.3 Å². The Morgan fingerprint density at radius 2 is 1.72 bits per heavy atom. The predicted molar refractivity (Wildman–Crippen MR) is 78.0 cm³/mol. The molecular formula is C15H16BrNO. The number of nitrogens with two attached hydrogens (primary N) is 1. The van der Waals surface area contributed by atoms with E-state index >= 15 is 0 Å². The minimum Gasteiger partial charge on any atom is -0.457 e. The normalized spacial score (nSPS) is 10.4. The number of hydrogen-bond donors (Lipinski definition) is 1. The van der Waals surface area contributed by atoms with Gasteiger partial charge in [-0.3, -0.25) is 0 Å². The standard InChI is InChI=1S/C15H16BrNO/c1-10-5-11(2)7-14(6-10)18-15-4-3-13(16)8-12(15)9-17/h3-8H,9,17H2,1-2H3. The maximum atomic E-state index is 5.92. The Hall–Kier alpha value is -1.32. The quantitative estimate of drug-likeness (QED) is 0.916. The molecule has 0 atom stereocenters. The summed E-state index contributed by atoms with van der Waals surface area (Å²) in [6.07, 6.45) is 0. The molecule has 18 heavy (non-hydrogen) atoms. The zero-order chi connectivity index (χ0) is 13.1. The molecule has 0 unspecified atom stereocenters. The second-order valence-corrected chi connectivity index (χ2v) is 5.30. The van der Waals surface area contributed by atoms with E-state index in [4.69, 9.17) is 10.5 Å². The number of hydrogen-bond acceptors (Lipinski definition) is 2. The highest BCUT2D eigenvalue weighted by Gasteiger charge is 2.05. The lowest BCUT2D eigenvalue weighted by atomic mass is 10.1. The summed E-state index contributed by atoms with van der Waals surface area (Å²) < 4.78 is 6.93. The van der Waals surface area contributed by atoms with Gasteiger partial charge in [-0.25, -0.2) is 0 Å². The highest BCUT2D eigenvalue weighted by atomic mass is 79.9. The summed E-state index contributed by atoms with van der Waals surface area (Å²) in [5.41, 5.74) is 9.10. The van der Waals surface area contributed by atoms with Crippen molar-refractivity contribution in [1.82, 2.24) is 0 Å². The lowest BCUT2D eigenvalue weighted by Crippen LogP contribution is -1.99. The maximum absolute atomic E-state index is 5.92. The van der Waals surface area contributed by atoms with Gasteiger partial charge in [0.25, 0.3) is 0 Å². The monoisotopic (exact) mass is 305 g/mol. The van der Waals surface area contributed by atoms with E-state index in [0.717, 1.165) is 21.5 Å². The SMILES string of the molecule is Cc1cc(C)cc(Oc2ccc(Br)cc2CN)c1. The van der Waals surface area contributed by atoms with Crippen molar-refractivity contribution < 1.29 is 4.74 Å². The Bertz CT molecular complexity index is 546. The fourth-order valence-corrected chi connectivity index (χ4v) is 2.33. The third kappa shape index (κ3) is 3.12. The van der Waals surface area contributed by atoms with E-state index in [9.17, 15) is 0 Å². The highest BCUT2D eigenvalue weighted by Crippen LogP contribution is 2.28. The molecule has 0 heterocycles. The summed E-state index contributed by atoms with van der Waals surface area (Å²) in [4.78, 5) is 0. The molecule has 0 aliphatic heterocycles. The highest BCUT2D eigenvalue weighted by molar-refractivity contribution is 9.10. The van der Waals surface area contributed by atoms with Gasteiger partial charge < -0.3 is 10.5 Å². The van der Waals surface area contributed by atoms with Crippen LogP contribution in [0.3, 0.4) is 0 Å². The van der Waals surface area contributed by atoms with Crippen LogP contribution in [0, 0.1) is 13.8 Å². The molecule has 2 rings (SSSR count). The molecule has 2 N–H and O–H groups in total. The molecule has 0 amide bonds. The first kappa shape index (κ1) is 13.1. The van der Waals surface area contributed by atoms with Crippen molar-refractivity contribution in [1.29, 1.82) is 0 Å². The van der Waals surface area contributed by atoms with Crippen LogP contribution in [-0.2, 0) is 6.54 Å². The molecule has 0 spiro atoms. The minimum atomic E-state index is 0.458. The van der Waals surface area contributed by atoms with Gasteiger partial charge in [0, 0.05) is 16.6 Å². The van der Waals surface area contributed by atoms with Crippen LogP contribution in [0.4, 0.5) is 0 Å². The van der Waals surface area contributed by atoms with Crippen LogP contribution >= 0.6 is 15.9 Å². The minimum absolute atomic E-state index is 0.458. The first-order valence-electron chi connectivity index (χ1n) is 5.83. The molecular weight excluding hydrogens is 290 g/mol. The Balaban J connectivity index is 2.33. The van der Waals surface area contributed by atoms with E-state index in [1.54, 1.807) is 0 Å². The topological polar surface area (TPSA) is 35.2 Å². The first-order valence-corrected chi connectivity index (χ1v) is 6.62. The third-order valence-electron chi connectivity index (χ3n) is 2.67. The number of benzene rings is 2. The largest absolute Gasteiger partial charge is 0.457 e. The van der Waals surface area contributed by atoms with E-state index < -0.39 is 0 Å². The molecule has 0 aromatic heterocycles. The van der Waals surface area contributed by atoms with Gasteiger partial charge >= 0.3 is 0 Å². The van der Waals surface area contributed by atoms with E-state index in [2.05, 4.69) is 35.8 Å². The van der Waals surface area contributed by atoms with Crippen LogP contribution in [0.1, 0.15) is 16.7 Å². The fraction of sp³-hybridized carbons (Fsp3) is 0.200. The van der Waals surface area contributed by atoms with Crippen LogP contribution in [0.2, 0.25) is 0 Å². The first-order chi connectivity index (χ1) is 8.58. The summed E-state index contributed by atoms with van der Waals surface area (Å²) in [6, 6.07) is 12.0. The Labute approximate surface area is 116 Å². The van der Waals surface area contributed by atoms with Crippen molar-refractivity contribution in [2.75, 3.05) is 0 Å². The van der Waals surface area contributed by atoms with Crippen LogP contribution < -0.4 is 10.5 Å². The summed E-state index contributed by atoms with van der Waals surface area (Å²) in [7, 11) is 0. The van der Waals surface area contributed by atoms with Gasteiger partial charge in [-0.15, -0.1) is 0 Å². The Kier molecular flexibility index (Phi) is 4.04. The van der Waals surface area contributed by atoms with Crippen LogP contribution in [0.25, 0.3) is 0 Å². The Morgan fingerprint density at radius 1 is 1.06 bits per heavy atom. The second-order valence-electron chi connectivity index (χ2n) is 4.38. The lowest BCUT2D eigenvalue weighted by Gasteiger charge is -2.11. The van der Waals surface area contributed by atoms with Crippen molar-refractivity contribution in [3.63, 3.8) is 0 Å². The molecule has 0 aliphatic carbocycles. The maximum Gasteiger partial charge on any atom is 0.131 e. The smallest absolute Gasteiger partial charge is 0.131 e. The number of aryl methyl sites for hydroxylation is 2. The van der Waals surface area contributed by atoms with Crippen LogP contribution in [-0.4, -0.2) is 0 Å². The summed E-state index contributed by atoms with van der Waals surface area (Å²) in [5.74, 6) is 1.66. The van der Waals surface area contributed by atoms with Crippen molar-refractivity contribution in [2.45, 2.75) is 20.4 Å². The summed E-state index contributed by atoms with van der Waals surface area (Å²) in [5, 5.41) is 0. The van der Waals surface area contributed by atoms with E-state index in [-0.39, 0.29) is 0 Å². The zero-order valence-electron chi connectivity index (χ0n) is 10.5. The fourth-order valence-electron chi connectivity index (χ4n) is 1.93. The van der Waals surface area contributed by atoms with Crippen molar-refractivity contribution in [3.8, 4) is 11.5 Å². The number of halogens is 1. The number of ether oxygens (including phenoxy) is 1. The van der Waals surface area contributed by atoms with Gasteiger partial charge in [0.2, 0.25) is 0 Å². The molecule has 0 saturated carbocycles. The summed E-state index contributed by atoms with van der Waals surface area (Å²) in [6.45, 7) is 4.58. The number of rotatable bonds is 3. The molecule has 0 radical (unpaired) electrons. The molecule has 3 heteroatoms. The van der Waals surface area contributed by atoms with E-state index in [0.29, 0.717) is 6.54 Å². The third-order valence-corrected chi connectivity index (χ3v) is 3.16. The van der Waals surface area contributed by atoms with Crippen molar-refractivity contribution in [3.05, 3.63) is 57.6 Å². The molecule has 0 fully saturated rings. The molecule has 2 aromatic carbocycles. The van der Waals surface area contributed by atoms with Crippen molar-refractivity contribution >= 4 is 15.9 Å². The molecule has 2 nitrogen and oxygen atoms in total. The van der Waals surface area contributed by atoms with Gasteiger partial charge in [0.15, 0.2) is 0 Å². The second kappa shape index (κ2) is 5.55. The predicted octanol–water partition coefficient (Wildman–Crippen LogP) is 4.32. The van der Waals surface area contributed by atoms with Gasteiger partial charge in [0.05, 0.1) is 0 Å². The lowest BCUT2D eigenvalue weighted by molar-refractivity contribution is 0.475. The van der Waals surface area contributed by atoms with Gasteiger partial charge in [0.1, 0.15) is 11.5 Å². The molecule has 94 valence electrons. The van der Waals surface area contributed by atoms with Gasteiger partial charge in [-0.2, -0.15) is 0 Å². The van der Waals surface area contributed by atoms with Gasteiger partial charge in [-0.1, -0.05) is 22.0 Å². The van der Waals surface area contributed by atoms with Crippen molar-refractivity contribution in [2.24, 2.45) is 5.73 Å². The molecule has 0 bridgehead atoms. The average molecular weight is 306 g/mol. The molecule has 2 aromatic rings. The summed E-state index contributed by atoms with van der Waals surface area (Å²) >= 11 is 3.43.